The molecule has 0 spiro atoms. The first kappa shape index (κ1) is 20.6. The van der Waals surface area contributed by atoms with E-state index in [-0.39, 0.29) is 24.1 Å². The smallest absolute Gasteiger partial charge is 0.251 e. The number of hydrogen-bond acceptors (Lipinski definition) is 5. The zero-order valence-corrected chi connectivity index (χ0v) is 17.2. The Balaban J connectivity index is 1.56. The third-order valence-electron chi connectivity index (χ3n) is 4.19. The van der Waals surface area contributed by atoms with Gasteiger partial charge in [0.2, 0.25) is 5.91 Å². The molecular formula is C21H23N5O2S. The van der Waals surface area contributed by atoms with Crippen LogP contribution in [0.5, 0.6) is 0 Å². The highest BCUT2D eigenvalue weighted by molar-refractivity contribution is 7.99. The van der Waals surface area contributed by atoms with Gasteiger partial charge in [0, 0.05) is 17.8 Å². The molecule has 0 radical (unpaired) electrons. The monoisotopic (exact) mass is 409 g/mol. The predicted molar refractivity (Wildman–Crippen MR) is 114 cm³/mol. The zero-order chi connectivity index (χ0) is 20.6. The third kappa shape index (κ3) is 5.68. The van der Waals surface area contributed by atoms with Crippen LogP contribution in [0.25, 0.3) is 0 Å². The first-order chi connectivity index (χ1) is 14.1. The number of carbonyl (C=O) groups excluding carboxylic acids is 2. The van der Waals surface area contributed by atoms with Gasteiger partial charge < -0.3 is 15.2 Å². The highest BCUT2D eigenvalue weighted by Gasteiger charge is 2.14. The minimum atomic E-state index is -0.157. The van der Waals surface area contributed by atoms with Gasteiger partial charge in [-0.2, -0.15) is 0 Å². The van der Waals surface area contributed by atoms with Gasteiger partial charge in [-0.15, -0.1) is 10.2 Å². The number of para-hydroxylation sites is 1. The summed E-state index contributed by atoms with van der Waals surface area (Å²) in [5.74, 6) is 0.610. The van der Waals surface area contributed by atoms with Crippen molar-refractivity contribution in [1.29, 1.82) is 0 Å². The van der Waals surface area contributed by atoms with Gasteiger partial charge in [-0.1, -0.05) is 47.7 Å². The zero-order valence-electron chi connectivity index (χ0n) is 16.4. The first-order valence-corrected chi connectivity index (χ1v) is 10.3. The largest absolute Gasteiger partial charge is 0.345 e. The Morgan fingerprint density at radius 3 is 2.59 bits per heavy atom. The van der Waals surface area contributed by atoms with Crippen molar-refractivity contribution >= 4 is 29.3 Å². The molecule has 0 aliphatic rings. The highest BCUT2D eigenvalue weighted by Crippen LogP contribution is 2.18. The maximum absolute atomic E-state index is 12.3. The van der Waals surface area contributed by atoms with Gasteiger partial charge in [0.1, 0.15) is 0 Å². The Kier molecular flexibility index (Phi) is 7.02. The summed E-state index contributed by atoms with van der Waals surface area (Å²) in [6.45, 7) is 4.83. The van der Waals surface area contributed by atoms with Crippen molar-refractivity contribution in [3.63, 3.8) is 0 Å². The second-order valence-electron chi connectivity index (χ2n) is 6.40. The summed E-state index contributed by atoms with van der Waals surface area (Å²) >= 11 is 1.32. The topological polar surface area (TPSA) is 88.9 Å². The Labute approximate surface area is 173 Å². The van der Waals surface area contributed by atoms with E-state index in [0.29, 0.717) is 23.1 Å². The molecule has 2 amide bonds. The summed E-state index contributed by atoms with van der Waals surface area (Å²) in [7, 11) is 0. The molecule has 1 aromatic heterocycles. The van der Waals surface area contributed by atoms with Gasteiger partial charge in [0.15, 0.2) is 11.0 Å². The Morgan fingerprint density at radius 2 is 1.86 bits per heavy atom. The van der Waals surface area contributed by atoms with Crippen LogP contribution in [0.1, 0.15) is 28.7 Å². The Hall–Kier alpha value is -3.13. The number of nitrogens with one attached hydrogen (secondary N) is 2. The van der Waals surface area contributed by atoms with Gasteiger partial charge >= 0.3 is 0 Å². The van der Waals surface area contributed by atoms with Crippen LogP contribution < -0.4 is 10.6 Å². The van der Waals surface area contributed by atoms with E-state index in [0.717, 1.165) is 11.3 Å². The standard InChI is InChI=1S/C21H23N5O2S/c1-3-26-18(13-22-20(28)16-9-7-8-15(2)12-16)24-25-21(26)29-14-19(27)23-17-10-5-4-6-11-17/h4-12H,3,13-14H2,1-2H3,(H,22,28)(H,23,27). The molecule has 0 bridgehead atoms. The number of amides is 2. The van der Waals surface area contributed by atoms with Gasteiger partial charge in [0.05, 0.1) is 12.3 Å². The SMILES string of the molecule is CCn1c(CNC(=O)c2cccc(C)c2)nnc1SCC(=O)Nc1ccccc1. The Morgan fingerprint density at radius 1 is 1.07 bits per heavy atom. The molecule has 29 heavy (non-hydrogen) atoms. The maximum atomic E-state index is 12.3. The molecule has 150 valence electrons. The number of carbonyl (C=O) groups is 2. The normalized spacial score (nSPS) is 10.6. The van der Waals surface area contributed by atoms with Crippen molar-refractivity contribution in [3.8, 4) is 0 Å². The van der Waals surface area contributed by atoms with Crippen LogP contribution in [-0.4, -0.2) is 32.3 Å². The van der Waals surface area contributed by atoms with Crippen molar-refractivity contribution in [3.05, 3.63) is 71.5 Å². The van der Waals surface area contributed by atoms with E-state index in [2.05, 4.69) is 20.8 Å². The van der Waals surface area contributed by atoms with Crippen molar-refractivity contribution < 1.29 is 9.59 Å². The number of aromatic nitrogens is 3. The summed E-state index contributed by atoms with van der Waals surface area (Å²) in [5.41, 5.74) is 2.40. The number of anilines is 1. The van der Waals surface area contributed by atoms with Gasteiger partial charge in [-0.05, 0) is 38.1 Å². The van der Waals surface area contributed by atoms with E-state index in [4.69, 9.17) is 0 Å². The highest BCUT2D eigenvalue weighted by atomic mass is 32.2. The number of hydrogen-bond donors (Lipinski definition) is 2. The lowest BCUT2D eigenvalue weighted by atomic mass is 10.1. The van der Waals surface area contributed by atoms with Crippen molar-refractivity contribution in [2.45, 2.75) is 32.1 Å². The van der Waals surface area contributed by atoms with E-state index in [9.17, 15) is 9.59 Å². The number of rotatable bonds is 8. The molecule has 0 aliphatic heterocycles. The molecular weight excluding hydrogens is 386 g/mol. The van der Waals surface area contributed by atoms with Gasteiger partial charge in [-0.3, -0.25) is 9.59 Å². The van der Waals surface area contributed by atoms with E-state index >= 15 is 0 Å². The van der Waals surface area contributed by atoms with Crippen LogP contribution in [0.2, 0.25) is 0 Å². The quantitative estimate of drug-likeness (QED) is 0.558. The molecule has 0 saturated heterocycles. The lowest BCUT2D eigenvalue weighted by molar-refractivity contribution is -0.113. The van der Waals surface area contributed by atoms with Crippen molar-refractivity contribution in [2.24, 2.45) is 0 Å². The van der Waals surface area contributed by atoms with Crippen molar-refractivity contribution in [1.82, 2.24) is 20.1 Å². The second-order valence-corrected chi connectivity index (χ2v) is 7.34. The molecule has 0 unspecified atom stereocenters. The average Bonchev–Trinajstić information content (AvgIpc) is 3.13. The molecule has 3 aromatic rings. The minimum Gasteiger partial charge on any atom is -0.345 e. The second kappa shape index (κ2) is 9.88. The molecule has 0 fully saturated rings. The summed E-state index contributed by atoms with van der Waals surface area (Å²) in [4.78, 5) is 24.5. The summed E-state index contributed by atoms with van der Waals surface area (Å²) < 4.78 is 1.90. The number of thioether (sulfide) groups is 1. The molecule has 0 atom stereocenters. The fourth-order valence-electron chi connectivity index (χ4n) is 2.77. The average molecular weight is 410 g/mol. The van der Waals surface area contributed by atoms with Crippen LogP contribution in [0.15, 0.2) is 59.8 Å². The van der Waals surface area contributed by atoms with E-state index in [1.165, 1.54) is 11.8 Å². The Bertz CT molecular complexity index is 988. The van der Waals surface area contributed by atoms with Gasteiger partial charge in [0.25, 0.3) is 5.91 Å². The minimum absolute atomic E-state index is 0.110. The molecule has 1 heterocycles. The van der Waals surface area contributed by atoms with Crippen LogP contribution >= 0.6 is 11.8 Å². The molecule has 0 saturated carbocycles. The van der Waals surface area contributed by atoms with Crippen LogP contribution in [0.4, 0.5) is 5.69 Å². The predicted octanol–water partition coefficient (Wildman–Crippen LogP) is 3.27. The summed E-state index contributed by atoms with van der Waals surface area (Å²) in [6.07, 6.45) is 0. The fourth-order valence-corrected chi connectivity index (χ4v) is 3.59. The van der Waals surface area contributed by atoms with E-state index in [1.54, 1.807) is 6.07 Å². The van der Waals surface area contributed by atoms with Crippen LogP contribution in [0, 0.1) is 6.92 Å². The van der Waals surface area contributed by atoms with E-state index in [1.807, 2.05) is 66.9 Å². The molecule has 7 nitrogen and oxygen atoms in total. The lowest BCUT2D eigenvalue weighted by Gasteiger charge is -2.09. The number of aryl methyl sites for hydroxylation is 1. The fraction of sp³-hybridized carbons (Fsp3) is 0.238. The number of benzene rings is 2. The summed E-state index contributed by atoms with van der Waals surface area (Å²) in [6, 6.07) is 16.7. The van der Waals surface area contributed by atoms with Crippen LogP contribution in [0.3, 0.4) is 0 Å². The number of nitrogens with zero attached hydrogens (tertiary/aromatic N) is 3. The third-order valence-corrected chi connectivity index (χ3v) is 5.15. The maximum Gasteiger partial charge on any atom is 0.251 e. The molecule has 3 rings (SSSR count). The summed E-state index contributed by atoms with van der Waals surface area (Å²) in [5, 5.41) is 14.7. The molecule has 8 heteroatoms. The van der Waals surface area contributed by atoms with Gasteiger partial charge in [-0.25, -0.2) is 0 Å². The first-order valence-electron chi connectivity index (χ1n) is 9.31. The molecule has 2 aromatic carbocycles. The van der Waals surface area contributed by atoms with Crippen LogP contribution in [-0.2, 0) is 17.9 Å². The van der Waals surface area contributed by atoms with E-state index < -0.39 is 0 Å². The molecule has 2 N–H and O–H groups in total. The van der Waals surface area contributed by atoms with Crippen molar-refractivity contribution in [2.75, 3.05) is 11.1 Å². The molecule has 0 aliphatic carbocycles. The lowest BCUT2D eigenvalue weighted by Crippen LogP contribution is -2.25.